The zero-order valence-corrected chi connectivity index (χ0v) is 10.8. The molecular weight excluding hydrogens is 224 g/mol. The first-order valence-corrected chi connectivity index (χ1v) is 7.09. The van der Waals surface area contributed by atoms with E-state index in [-0.39, 0.29) is 6.04 Å². The molecule has 0 amide bonds. The molecule has 1 atom stereocenters. The van der Waals surface area contributed by atoms with Crippen molar-refractivity contribution in [3.05, 3.63) is 29.3 Å². The van der Waals surface area contributed by atoms with Crippen molar-refractivity contribution in [1.29, 1.82) is 0 Å². The molecule has 18 heavy (non-hydrogen) atoms. The number of ether oxygens (including phenoxy) is 1. The smallest absolute Gasteiger partial charge is 0.127 e. The van der Waals surface area contributed by atoms with Crippen molar-refractivity contribution < 1.29 is 4.74 Å². The van der Waals surface area contributed by atoms with Crippen LogP contribution in [0.2, 0.25) is 0 Å². The Hall–Kier alpha value is -1.06. The molecule has 1 aliphatic carbocycles. The average Bonchev–Trinajstić information content (AvgIpc) is 3.06. The van der Waals surface area contributed by atoms with Gasteiger partial charge in [-0.3, -0.25) is 11.3 Å². The standard InChI is InChI=1S/C15H22N2O/c16-17-14(10-11-4-1-2-5-11)13-7-3-6-12-8-9-18-15(12)13/h3,6-7,11,14,17H,1-2,4-5,8-10,16H2. The predicted molar refractivity (Wildman–Crippen MR) is 72.3 cm³/mol. The molecule has 1 aromatic carbocycles. The number of para-hydroxylation sites is 1. The first-order chi connectivity index (χ1) is 8.88. The molecule has 1 heterocycles. The number of nitrogens with one attached hydrogen (secondary N) is 1. The zero-order chi connectivity index (χ0) is 12.4. The SMILES string of the molecule is NNC(CC1CCCC1)c1cccc2c1OCC2. The van der Waals surface area contributed by atoms with Crippen molar-refractivity contribution in [2.24, 2.45) is 11.8 Å². The second-order valence-electron chi connectivity index (χ2n) is 5.54. The van der Waals surface area contributed by atoms with Gasteiger partial charge >= 0.3 is 0 Å². The van der Waals surface area contributed by atoms with Gasteiger partial charge in [0, 0.05) is 18.0 Å². The van der Waals surface area contributed by atoms with Crippen molar-refractivity contribution in [1.82, 2.24) is 5.43 Å². The van der Waals surface area contributed by atoms with E-state index in [0.717, 1.165) is 31.1 Å². The highest BCUT2D eigenvalue weighted by atomic mass is 16.5. The Kier molecular flexibility index (Phi) is 3.52. The van der Waals surface area contributed by atoms with Gasteiger partial charge in [-0.05, 0) is 17.9 Å². The van der Waals surface area contributed by atoms with Gasteiger partial charge in [0.2, 0.25) is 0 Å². The Morgan fingerprint density at radius 1 is 1.33 bits per heavy atom. The second kappa shape index (κ2) is 5.29. The molecule has 2 aliphatic rings. The van der Waals surface area contributed by atoms with Crippen molar-refractivity contribution in [2.45, 2.75) is 44.6 Å². The van der Waals surface area contributed by atoms with Crippen molar-refractivity contribution in [3.63, 3.8) is 0 Å². The molecular formula is C15H22N2O. The minimum Gasteiger partial charge on any atom is -0.493 e. The van der Waals surface area contributed by atoms with Crippen LogP contribution in [0.5, 0.6) is 5.75 Å². The van der Waals surface area contributed by atoms with Gasteiger partial charge in [0.05, 0.1) is 6.61 Å². The third kappa shape index (κ3) is 2.25. The maximum absolute atomic E-state index is 5.78. The summed E-state index contributed by atoms with van der Waals surface area (Å²) in [7, 11) is 0. The fraction of sp³-hybridized carbons (Fsp3) is 0.600. The molecule has 1 unspecified atom stereocenters. The number of nitrogens with two attached hydrogens (primary N) is 1. The molecule has 3 rings (SSSR count). The third-order valence-corrected chi connectivity index (χ3v) is 4.37. The molecule has 1 aromatic rings. The summed E-state index contributed by atoms with van der Waals surface area (Å²) < 4.78 is 5.78. The number of benzene rings is 1. The Balaban J connectivity index is 1.80. The fourth-order valence-corrected chi connectivity index (χ4v) is 3.38. The largest absolute Gasteiger partial charge is 0.493 e. The lowest BCUT2D eigenvalue weighted by Gasteiger charge is -2.22. The number of rotatable bonds is 4. The van der Waals surface area contributed by atoms with E-state index >= 15 is 0 Å². The topological polar surface area (TPSA) is 47.3 Å². The minimum absolute atomic E-state index is 0.237. The summed E-state index contributed by atoms with van der Waals surface area (Å²) in [5.74, 6) is 7.68. The van der Waals surface area contributed by atoms with Gasteiger partial charge in [0.1, 0.15) is 5.75 Å². The highest BCUT2D eigenvalue weighted by Crippen LogP contribution is 2.38. The van der Waals surface area contributed by atoms with Gasteiger partial charge in [-0.2, -0.15) is 0 Å². The number of hydrogen-bond donors (Lipinski definition) is 2. The van der Waals surface area contributed by atoms with E-state index in [4.69, 9.17) is 10.6 Å². The molecule has 0 aromatic heterocycles. The van der Waals surface area contributed by atoms with Crippen LogP contribution in [0.1, 0.15) is 49.3 Å². The Labute approximate surface area is 109 Å². The highest BCUT2D eigenvalue weighted by molar-refractivity contribution is 5.45. The maximum atomic E-state index is 5.78. The zero-order valence-electron chi connectivity index (χ0n) is 10.8. The molecule has 0 radical (unpaired) electrons. The third-order valence-electron chi connectivity index (χ3n) is 4.37. The summed E-state index contributed by atoms with van der Waals surface area (Å²) in [6.45, 7) is 0.813. The van der Waals surface area contributed by atoms with Crippen LogP contribution >= 0.6 is 0 Å². The monoisotopic (exact) mass is 246 g/mol. The number of hydrogen-bond acceptors (Lipinski definition) is 3. The lowest BCUT2D eigenvalue weighted by molar-refractivity contribution is 0.339. The molecule has 1 aliphatic heterocycles. The van der Waals surface area contributed by atoms with Gasteiger partial charge in [-0.1, -0.05) is 43.9 Å². The summed E-state index contributed by atoms with van der Waals surface area (Å²) in [4.78, 5) is 0. The lowest BCUT2D eigenvalue weighted by Crippen LogP contribution is -2.29. The molecule has 1 fully saturated rings. The molecule has 3 nitrogen and oxygen atoms in total. The molecule has 3 N–H and O–H groups in total. The van der Waals surface area contributed by atoms with Crippen molar-refractivity contribution in [2.75, 3.05) is 6.61 Å². The van der Waals surface area contributed by atoms with Crippen molar-refractivity contribution in [3.8, 4) is 5.75 Å². The van der Waals surface area contributed by atoms with E-state index in [1.54, 1.807) is 0 Å². The van der Waals surface area contributed by atoms with Crippen LogP contribution < -0.4 is 16.0 Å². The summed E-state index contributed by atoms with van der Waals surface area (Å²) in [6.07, 6.45) is 7.64. The second-order valence-corrected chi connectivity index (χ2v) is 5.54. The minimum atomic E-state index is 0.237. The summed E-state index contributed by atoms with van der Waals surface area (Å²) in [6, 6.07) is 6.68. The Bertz CT molecular complexity index is 413. The summed E-state index contributed by atoms with van der Waals surface area (Å²) in [5, 5.41) is 0. The highest BCUT2D eigenvalue weighted by Gasteiger charge is 2.25. The van der Waals surface area contributed by atoms with Gasteiger partial charge in [0.25, 0.3) is 0 Å². The van der Waals surface area contributed by atoms with Gasteiger partial charge in [-0.15, -0.1) is 0 Å². The van der Waals surface area contributed by atoms with Crippen LogP contribution in [0.4, 0.5) is 0 Å². The molecule has 0 saturated heterocycles. The van der Waals surface area contributed by atoms with Gasteiger partial charge in [0.15, 0.2) is 0 Å². The van der Waals surface area contributed by atoms with E-state index in [2.05, 4.69) is 23.6 Å². The van der Waals surface area contributed by atoms with Crippen LogP contribution in [0.15, 0.2) is 18.2 Å². The summed E-state index contributed by atoms with van der Waals surface area (Å²) >= 11 is 0. The molecule has 0 bridgehead atoms. The fourth-order valence-electron chi connectivity index (χ4n) is 3.38. The van der Waals surface area contributed by atoms with E-state index in [9.17, 15) is 0 Å². The number of hydrazine groups is 1. The van der Waals surface area contributed by atoms with E-state index in [0.29, 0.717) is 0 Å². The summed E-state index contributed by atoms with van der Waals surface area (Å²) in [5.41, 5.74) is 5.58. The first kappa shape index (κ1) is 12.0. The van der Waals surface area contributed by atoms with Crippen molar-refractivity contribution >= 4 is 0 Å². The quantitative estimate of drug-likeness (QED) is 0.634. The van der Waals surface area contributed by atoms with Gasteiger partial charge < -0.3 is 4.74 Å². The normalized spacial score (nSPS) is 20.7. The molecule has 98 valence electrons. The van der Waals surface area contributed by atoms with Crippen LogP contribution in [-0.4, -0.2) is 6.61 Å². The van der Waals surface area contributed by atoms with Gasteiger partial charge in [-0.25, -0.2) is 0 Å². The average molecular weight is 246 g/mol. The first-order valence-electron chi connectivity index (χ1n) is 7.09. The van der Waals surface area contributed by atoms with E-state index in [1.807, 2.05) is 0 Å². The Morgan fingerprint density at radius 2 is 2.17 bits per heavy atom. The lowest BCUT2D eigenvalue weighted by atomic mass is 9.92. The van der Waals surface area contributed by atoms with Crippen LogP contribution in [0.25, 0.3) is 0 Å². The molecule has 1 saturated carbocycles. The van der Waals surface area contributed by atoms with Crippen LogP contribution in [-0.2, 0) is 6.42 Å². The number of fused-ring (bicyclic) bond motifs is 1. The van der Waals surface area contributed by atoms with E-state index < -0.39 is 0 Å². The van der Waals surface area contributed by atoms with Crippen LogP contribution in [0, 0.1) is 5.92 Å². The van der Waals surface area contributed by atoms with E-state index in [1.165, 1.54) is 36.8 Å². The predicted octanol–water partition coefficient (Wildman–Crippen LogP) is 2.71. The Morgan fingerprint density at radius 3 is 2.94 bits per heavy atom. The molecule has 3 heteroatoms. The maximum Gasteiger partial charge on any atom is 0.127 e. The van der Waals surface area contributed by atoms with Crippen LogP contribution in [0.3, 0.4) is 0 Å². The molecule has 0 spiro atoms.